The van der Waals surface area contributed by atoms with Crippen molar-refractivity contribution in [2.45, 2.75) is 44.6 Å². The van der Waals surface area contributed by atoms with Crippen molar-refractivity contribution in [3.05, 3.63) is 33.8 Å². The zero-order valence-electron chi connectivity index (χ0n) is 13.5. The number of carbonyl (C=O) groups excluding carboxylic acids is 1. The number of nitrogens with zero attached hydrogens (tertiary/aromatic N) is 1. The van der Waals surface area contributed by atoms with Crippen LogP contribution in [0.15, 0.2) is 18.2 Å². The predicted molar refractivity (Wildman–Crippen MR) is 95.2 cm³/mol. The highest BCUT2D eigenvalue weighted by atomic mass is 35.5. The molecule has 1 saturated carbocycles. The third-order valence-corrected chi connectivity index (χ3v) is 5.35. The number of hydrogen-bond donors (Lipinski definition) is 1. The Morgan fingerprint density at radius 3 is 2.48 bits per heavy atom. The largest absolute Gasteiger partial charge is 0.339 e. The summed E-state index contributed by atoms with van der Waals surface area (Å²) in [7, 11) is 0. The summed E-state index contributed by atoms with van der Waals surface area (Å²) in [6.07, 6.45) is 4.05. The molecule has 1 heterocycles. The summed E-state index contributed by atoms with van der Waals surface area (Å²) in [6, 6.07) is 6.03. The molecule has 0 radical (unpaired) electrons. The van der Waals surface area contributed by atoms with E-state index in [4.69, 9.17) is 23.2 Å². The van der Waals surface area contributed by atoms with Gasteiger partial charge in [0.25, 0.3) is 0 Å². The van der Waals surface area contributed by atoms with Gasteiger partial charge in [0, 0.05) is 28.5 Å². The molecule has 1 saturated heterocycles. The Balaban J connectivity index is 1.69. The van der Waals surface area contributed by atoms with Gasteiger partial charge < -0.3 is 10.2 Å². The number of benzene rings is 1. The van der Waals surface area contributed by atoms with Crippen LogP contribution < -0.4 is 5.32 Å². The molecule has 23 heavy (non-hydrogen) atoms. The van der Waals surface area contributed by atoms with Crippen molar-refractivity contribution in [3.63, 3.8) is 0 Å². The Bertz CT molecular complexity index is 552. The molecule has 3 rings (SSSR count). The van der Waals surface area contributed by atoms with Crippen molar-refractivity contribution in [3.8, 4) is 0 Å². The van der Waals surface area contributed by atoms with Crippen LogP contribution in [0.1, 0.15) is 44.1 Å². The molecule has 3 nitrogen and oxygen atoms in total. The van der Waals surface area contributed by atoms with Crippen molar-refractivity contribution >= 4 is 29.1 Å². The molecule has 0 spiro atoms. The highest BCUT2D eigenvalue weighted by molar-refractivity contribution is 6.34. The lowest BCUT2D eigenvalue weighted by Crippen LogP contribution is -2.47. The van der Waals surface area contributed by atoms with Crippen LogP contribution in [0.25, 0.3) is 0 Å². The van der Waals surface area contributed by atoms with E-state index in [0.717, 1.165) is 50.9 Å². The zero-order chi connectivity index (χ0) is 16.4. The van der Waals surface area contributed by atoms with Gasteiger partial charge in [-0.05, 0) is 68.5 Å². The van der Waals surface area contributed by atoms with Crippen molar-refractivity contribution in [1.29, 1.82) is 0 Å². The second-order valence-electron chi connectivity index (χ2n) is 6.66. The van der Waals surface area contributed by atoms with Gasteiger partial charge in [-0.25, -0.2) is 0 Å². The minimum atomic E-state index is 0.103. The fourth-order valence-corrected chi connectivity index (χ4v) is 4.21. The molecule has 2 fully saturated rings. The van der Waals surface area contributed by atoms with Crippen LogP contribution >= 0.6 is 23.2 Å². The van der Waals surface area contributed by atoms with Gasteiger partial charge in [-0.15, -0.1) is 0 Å². The molecule has 2 atom stereocenters. The average molecular weight is 355 g/mol. The molecule has 0 aromatic heterocycles. The quantitative estimate of drug-likeness (QED) is 0.863. The summed E-state index contributed by atoms with van der Waals surface area (Å²) in [6.45, 7) is 5.03. The summed E-state index contributed by atoms with van der Waals surface area (Å²) in [4.78, 5) is 15.1. The second-order valence-corrected chi connectivity index (χ2v) is 7.54. The standard InChI is InChI=1S/C18H24Cl2N2O/c1-2-7-22(15-3-5-21-6-4-15)18(23)17-11-16(17)12-8-13(19)10-14(20)9-12/h8-10,15-17,21H,2-7,11H2,1H3. The molecule has 2 aliphatic rings. The predicted octanol–water partition coefficient (Wildman–Crippen LogP) is 4.09. The monoisotopic (exact) mass is 354 g/mol. The highest BCUT2D eigenvalue weighted by Crippen LogP contribution is 2.49. The van der Waals surface area contributed by atoms with E-state index in [0.29, 0.717) is 22.0 Å². The number of halogens is 2. The molecule has 1 aromatic carbocycles. The maximum absolute atomic E-state index is 13.0. The SMILES string of the molecule is CCCN(C(=O)C1CC1c1cc(Cl)cc(Cl)c1)C1CCNCC1. The molecule has 126 valence electrons. The average Bonchev–Trinajstić information content (AvgIpc) is 3.32. The molecule has 1 N–H and O–H groups in total. The maximum Gasteiger partial charge on any atom is 0.226 e. The first kappa shape index (κ1) is 17.1. The van der Waals surface area contributed by atoms with E-state index < -0.39 is 0 Å². The van der Waals surface area contributed by atoms with E-state index in [2.05, 4.69) is 17.1 Å². The molecule has 5 heteroatoms. The molecule has 0 bridgehead atoms. The van der Waals surface area contributed by atoms with Gasteiger partial charge in [0.15, 0.2) is 0 Å². The minimum absolute atomic E-state index is 0.103. The van der Waals surface area contributed by atoms with Crippen molar-refractivity contribution < 1.29 is 4.79 Å². The van der Waals surface area contributed by atoms with Gasteiger partial charge in [-0.3, -0.25) is 4.79 Å². The lowest BCUT2D eigenvalue weighted by molar-refractivity contribution is -0.135. The number of carbonyl (C=O) groups is 1. The second kappa shape index (κ2) is 7.42. The van der Waals surface area contributed by atoms with E-state index >= 15 is 0 Å². The van der Waals surface area contributed by atoms with Crippen LogP contribution in [0.3, 0.4) is 0 Å². The lowest BCUT2D eigenvalue weighted by atomic mass is 10.0. The summed E-state index contributed by atoms with van der Waals surface area (Å²) in [5.74, 6) is 0.700. The normalized spacial score (nSPS) is 24.5. The van der Waals surface area contributed by atoms with Crippen LogP contribution in [0.2, 0.25) is 10.0 Å². The van der Waals surface area contributed by atoms with Gasteiger partial charge in [0.05, 0.1) is 0 Å². The van der Waals surface area contributed by atoms with Gasteiger partial charge in [-0.2, -0.15) is 0 Å². The maximum atomic E-state index is 13.0. The molecule has 1 aliphatic carbocycles. The van der Waals surface area contributed by atoms with E-state index in [1.807, 2.05) is 12.1 Å². The molecule has 2 unspecified atom stereocenters. The first-order valence-corrected chi connectivity index (χ1v) is 9.33. The Hall–Kier alpha value is -0.770. The van der Waals surface area contributed by atoms with Crippen molar-refractivity contribution in [2.24, 2.45) is 5.92 Å². The lowest BCUT2D eigenvalue weighted by Gasteiger charge is -2.35. The Labute approximate surface area is 148 Å². The number of rotatable bonds is 5. The van der Waals surface area contributed by atoms with E-state index in [1.54, 1.807) is 6.07 Å². The zero-order valence-corrected chi connectivity index (χ0v) is 15.0. The fraction of sp³-hybridized carbons (Fsp3) is 0.611. The van der Waals surface area contributed by atoms with Gasteiger partial charge in [0.1, 0.15) is 0 Å². The van der Waals surface area contributed by atoms with Gasteiger partial charge in [0.2, 0.25) is 5.91 Å². The molecule has 1 aromatic rings. The number of nitrogens with one attached hydrogen (secondary N) is 1. The topological polar surface area (TPSA) is 32.3 Å². The fourth-order valence-electron chi connectivity index (χ4n) is 3.67. The van der Waals surface area contributed by atoms with Crippen molar-refractivity contribution in [2.75, 3.05) is 19.6 Å². The van der Waals surface area contributed by atoms with Crippen LogP contribution in [-0.4, -0.2) is 36.5 Å². The molecular formula is C18H24Cl2N2O. The summed E-state index contributed by atoms with van der Waals surface area (Å²) in [5.41, 5.74) is 1.10. The Kier molecular flexibility index (Phi) is 5.50. The van der Waals surface area contributed by atoms with Crippen LogP contribution in [0.4, 0.5) is 0 Å². The molecular weight excluding hydrogens is 331 g/mol. The summed E-state index contributed by atoms with van der Waals surface area (Å²) >= 11 is 12.2. The first-order valence-electron chi connectivity index (χ1n) is 8.57. The number of piperidine rings is 1. The third kappa shape index (κ3) is 4.01. The summed E-state index contributed by atoms with van der Waals surface area (Å²) < 4.78 is 0. The van der Waals surface area contributed by atoms with Crippen LogP contribution in [-0.2, 0) is 4.79 Å². The number of amides is 1. The van der Waals surface area contributed by atoms with Crippen LogP contribution in [0.5, 0.6) is 0 Å². The highest BCUT2D eigenvalue weighted by Gasteiger charge is 2.46. The summed E-state index contributed by atoms with van der Waals surface area (Å²) in [5, 5.41) is 4.67. The van der Waals surface area contributed by atoms with Crippen molar-refractivity contribution in [1.82, 2.24) is 10.2 Å². The third-order valence-electron chi connectivity index (χ3n) is 4.92. The van der Waals surface area contributed by atoms with Crippen LogP contribution in [0, 0.1) is 5.92 Å². The van der Waals surface area contributed by atoms with E-state index in [-0.39, 0.29) is 11.8 Å². The Morgan fingerprint density at radius 2 is 1.87 bits per heavy atom. The van der Waals surface area contributed by atoms with E-state index in [9.17, 15) is 4.79 Å². The Morgan fingerprint density at radius 1 is 1.22 bits per heavy atom. The number of hydrogen-bond acceptors (Lipinski definition) is 2. The first-order chi connectivity index (χ1) is 11.1. The van der Waals surface area contributed by atoms with E-state index in [1.165, 1.54) is 0 Å². The van der Waals surface area contributed by atoms with Gasteiger partial charge in [-0.1, -0.05) is 30.1 Å². The molecule has 1 aliphatic heterocycles. The molecule has 1 amide bonds. The minimum Gasteiger partial charge on any atom is -0.339 e. The van der Waals surface area contributed by atoms with Gasteiger partial charge >= 0.3 is 0 Å². The smallest absolute Gasteiger partial charge is 0.226 e.